The van der Waals surface area contributed by atoms with Crippen LogP contribution in [0.25, 0.3) is 11.4 Å². The van der Waals surface area contributed by atoms with E-state index in [4.69, 9.17) is 15.9 Å². The van der Waals surface area contributed by atoms with Gasteiger partial charge in [-0.15, -0.1) is 0 Å². The predicted molar refractivity (Wildman–Crippen MR) is 121 cm³/mol. The molecule has 2 heterocycles. The third-order valence-corrected chi connectivity index (χ3v) is 5.15. The average Bonchev–Trinajstić information content (AvgIpc) is 2.80. The fourth-order valence-corrected chi connectivity index (χ4v) is 3.50. The Kier molecular flexibility index (Phi) is 6.20. The Bertz CT molecular complexity index is 1020. The van der Waals surface area contributed by atoms with Gasteiger partial charge in [0.05, 0.1) is 6.61 Å². The van der Waals surface area contributed by atoms with Crippen LogP contribution in [0.1, 0.15) is 18.4 Å². The minimum Gasteiger partial charge on any atom is -0.493 e. The summed E-state index contributed by atoms with van der Waals surface area (Å²) in [5.74, 6) is 2.67. The lowest BCUT2D eigenvalue weighted by Gasteiger charge is -2.22. The highest BCUT2D eigenvalue weighted by Gasteiger charge is 2.14. The first-order valence-corrected chi connectivity index (χ1v) is 10.2. The van der Waals surface area contributed by atoms with Crippen LogP contribution in [0.15, 0.2) is 54.7 Å². The minimum absolute atomic E-state index is 0.553. The van der Waals surface area contributed by atoms with E-state index in [-0.39, 0.29) is 0 Å². The number of hydrogen-bond acceptors (Lipinski definition) is 7. The van der Waals surface area contributed by atoms with Crippen LogP contribution < -0.4 is 21.1 Å². The first-order chi connectivity index (χ1) is 14.7. The topological polar surface area (TPSA) is 109 Å². The van der Waals surface area contributed by atoms with E-state index < -0.39 is 0 Å². The quantitative estimate of drug-likeness (QED) is 0.353. The zero-order chi connectivity index (χ0) is 20.8. The van der Waals surface area contributed by atoms with Crippen LogP contribution in [0.2, 0.25) is 0 Å². The van der Waals surface area contributed by atoms with E-state index >= 15 is 0 Å². The zero-order valence-corrected chi connectivity index (χ0v) is 16.8. The van der Waals surface area contributed by atoms with Crippen molar-refractivity contribution in [2.45, 2.75) is 12.8 Å². The monoisotopic (exact) mass is 402 g/mol. The van der Waals surface area contributed by atoms with E-state index in [1.54, 1.807) is 18.3 Å². The predicted octanol–water partition coefficient (Wildman–Crippen LogP) is 3.85. The van der Waals surface area contributed by atoms with Gasteiger partial charge in [-0.1, -0.05) is 12.1 Å². The van der Waals surface area contributed by atoms with Crippen LogP contribution in [-0.4, -0.2) is 35.9 Å². The summed E-state index contributed by atoms with van der Waals surface area (Å²) in [6, 6.07) is 15.1. The molecule has 0 bridgehead atoms. The normalized spacial score (nSPS) is 16.1. The van der Waals surface area contributed by atoms with Crippen molar-refractivity contribution in [3.05, 3.63) is 60.3 Å². The van der Waals surface area contributed by atoms with Gasteiger partial charge in [-0.05, 0) is 55.8 Å². The van der Waals surface area contributed by atoms with Gasteiger partial charge in [-0.3, -0.25) is 0 Å². The van der Waals surface area contributed by atoms with Crippen LogP contribution in [0, 0.1) is 11.3 Å². The Morgan fingerprint density at radius 2 is 2.17 bits per heavy atom. The second kappa shape index (κ2) is 9.37. The number of hydrogen-bond donors (Lipinski definition) is 4. The molecule has 7 heteroatoms. The molecule has 0 radical (unpaired) electrons. The molecule has 0 amide bonds. The number of piperidine rings is 1. The molecular weight excluding hydrogens is 376 g/mol. The van der Waals surface area contributed by atoms with Gasteiger partial charge >= 0.3 is 0 Å². The fraction of sp³-hybridized carbons (Fsp3) is 0.261. The second-order valence-corrected chi connectivity index (χ2v) is 7.43. The molecule has 1 aliphatic rings. The maximum absolute atomic E-state index is 7.45. The van der Waals surface area contributed by atoms with E-state index in [2.05, 4.69) is 20.6 Å². The molecule has 1 aromatic heterocycles. The lowest BCUT2D eigenvalue weighted by Crippen LogP contribution is -2.33. The van der Waals surface area contributed by atoms with Crippen molar-refractivity contribution in [1.29, 1.82) is 5.41 Å². The first kappa shape index (κ1) is 19.8. The van der Waals surface area contributed by atoms with Crippen LogP contribution in [0.5, 0.6) is 5.75 Å². The number of benzene rings is 2. The molecule has 0 aliphatic carbocycles. The average molecular weight is 403 g/mol. The molecule has 0 saturated carbocycles. The van der Waals surface area contributed by atoms with Crippen molar-refractivity contribution in [1.82, 2.24) is 15.3 Å². The van der Waals surface area contributed by atoms with E-state index in [1.165, 1.54) is 19.1 Å². The third kappa shape index (κ3) is 4.93. The molecule has 2 aromatic carbocycles. The van der Waals surface area contributed by atoms with Crippen LogP contribution >= 0.6 is 0 Å². The lowest BCUT2D eigenvalue weighted by molar-refractivity contribution is 0.218. The largest absolute Gasteiger partial charge is 0.493 e. The van der Waals surface area contributed by atoms with Gasteiger partial charge in [0.1, 0.15) is 11.6 Å². The number of ether oxygens (including phenoxy) is 1. The highest BCUT2D eigenvalue weighted by atomic mass is 16.5. The molecule has 3 aromatic rings. The second-order valence-electron chi connectivity index (χ2n) is 7.43. The molecule has 1 aliphatic heterocycles. The summed E-state index contributed by atoms with van der Waals surface area (Å²) in [4.78, 5) is 9.05. The molecule has 1 atom stereocenters. The van der Waals surface area contributed by atoms with Gasteiger partial charge < -0.3 is 26.5 Å². The maximum Gasteiger partial charge on any atom is 0.161 e. The maximum atomic E-state index is 7.45. The number of anilines is 3. The molecule has 1 unspecified atom stereocenters. The number of nitrogen functional groups attached to an aromatic ring is 1. The summed E-state index contributed by atoms with van der Waals surface area (Å²) >= 11 is 0. The van der Waals surface area contributed by atoms with Gasteiger partial charge in [-0.25, -0.2) is 9.97 Å². The Balaban J connectivity index is 1.47. The standard InChI is InChI=1S/C23H26N6O/c24-13-18-11-19(6-7-21(18)25)28-22-8-10-27-23(29-22)17-4-1-5-20(12-17)30-15-16-3-2-9-26-14-16/h1,4-8,10-13,16,24,26H,2-3,9,14-15,25H2,(H,27,28,29). The first-order valence-electron chi connectivity index (χ1n) is 10.2. The third-order valence-electron chi connectivity index (χ3n) is 5.15. The number of rotatable bonds is 7. The van der Waals surface area contributed by atoms with E-state index in [1.807, 2.05) is 36.4 Å². The molecular formula is C23H26N6O. The van der Waals surface area contributed by atoms with Crippen molar-refractivity contribution in [3.63, 3.8) is 0 Å². The Hall–Kier alpha value is -3.45. The summed E-state index contributed by atoms with van der Waals surface area (Å²) in [6.07, 6.45) is 5.37. The Labute approximate surface area is 176 Å². The fourth-order valence-electron chi connectivity index (χ4n) is 3.50. The van der Waals surface area contributed by atoms with E-state index in [0.29, 0.717) is 35.4 Å². The summed E-state index contributed by atoms with van der Waals surface area (Å²) in [5, 5.41) is 14.1. The Morgan fingerprint density at radius 3 is 3.00 bits per heavy atom. The number of nitrogens with one attached hydrogen (secondary N) is 3. The summed E-state index contributed by atoms with van der Waals surface area (Å²) in [6.45, 7) is 2.83. The summed E-state index contributed by atoms with van der Waals surface area (Å²) in [7, 11) is 0. The number of nitrogens with zero attached hydrogens (tertiary/aromatic N) is 2. The summed E-state index contributed by atoms with van der Waals surface area (Å²) in [5.41, 5.74) is 8.80. The number of aromatic nitrogens is 2. The van der Waals surface area contributed by atoms with Crippen LogP contribution in [0.3, 0.4) is 0 Å². The molecule has 30 heavy (non-hydrogen) atoms. The van der Waals surface area contributed by atoms with Crippen molar-refractivity contribution in [3.8, 4) is 17.1 Å². The zero-order valence-electron chi connectivity index (χ0n) is 16.8. The smallest absolute Gasteiger partial charge is 0.161 e. The van der Waals surface area contributed by atoms with Gasteiger partial charge in [-0.2, -0.15) is 0 Å². The highest BCUT2D eigenvalue weighted by Crippen LogP contribution is 2.24. The molecule has 154 valence electrons. The van der Waals surface area contributed by atoms with Crippen molar-refractivity contribution < 1.29 is 4.74 Å². The van der Waals surface area contributed by atoms with Gasteiger partial charge in [0.2, 0.25) is 0 Å². The molecule has 0 spiro atoms. The van der Waals surface area contributed by atoms with Gasteiger partial charge in [0.25, 0.3) is 0 Å². The SMILES string of the molecule is N=Cc1cc(Nc2ccnc(-c3cccc(OCC4CCCNC4)c3)n2)ccc1N. The Morgan fingerprint density at radius 1 is 1.23 bits per heavy atom. The lowest BCUT2D eigenvalue weighted by atomic mass is 10.0. The minimum atomic E-state index is 0.553. The van der Waals surface area contributed by atoms with E-state index in [0.717, 1.165) is 30.1 Å². The van der Waals surface area contributed by atoms with Gasteiger partial charge in [0, 0.05) is 47.4 Å². The van der Waals surface area contributed by atoms with Gasteiger partial charge in [0.15, 0.2) is 5.82 Å². The summed E-state index contributed by atoms with van der Waals surface area (Å²) < 4.78 is 6.03. The van der Waals surface area contributed by atoms with Crippen molar-refractivity contribution in [2.75, 3.05) is 30.7 Å². The molecule has 7 nitrogen and oxygen atoms in total. The van der Waals surface area contributed by atoms with Crippen molar-refractivity contribution in [2.24, 2.45) is 5.92 Å². The molecule has 5 N–H and O–H groups in total. The highest BCUT2D eigenvalue weighted by molar-refractivity contribution is 5.87. The van der Waals surface area contributed by atoms with Crippen LogP contribution in [-0.2, 0) is 0 Å². The number of nitrogens with two attached hydrogens (primary N) is 1. The van der Waals surface area contributed by atoms with Crippen LogP contribution in [0.4, 0.5) is 17.2 Å². The van der Waals surface area contributed by atoms with E-state index in [9.17, 15) is 0 Å². The van der Waals surface area contributed by atoms with Crippen molar-refractivity contribution >= 4 is 23.4 Å². The molecule has 1 saturated heterocycles. The molecule has 4 rings (SSSR count). The molecule has 1 fully saturated rings.